The van der Waals surface area contributed by atoms with Crippen molar-refractivity contribution in [2.75, 3.05) is 20.1 Å². The Morgan fingerprint density at radius 1 is 0.556 bits per heavy atom. The molecular weight excluding hydrogens is 737 g/mol. The molecule has 2 amide bonds. The van der Waals surface area contributed by atoms with Crippen LogP contribution in [-0.4, -0.2) is 50.8 Å². The SMILES string of the molecule is CCCCc1ccc(S(=O)(=O)Nc2ccc(NC(=O)/C=C\C(=O)Nc3ccc(NS(=O)(=O)c4ccc(CCCC)cc4)c(C(=O)O)c3)cc2C(=O)O)cc1. The van der Waals surface area contributed by atoms with Crippen LogP contribution in [0.2, 0.25) is 0 Å². The second-order valence-electron chi connectivity index (χ2n) is 12.1. The first-order valence-corrected chi connectivity index (χ1v) is 19.9. The number of nitrogens with one attached hydrogen (secondary N) is 4. The van der Waals surface area contributed by atoms with Gasteiger partial charge in [-0.15, -0.1) is 0 Å². The summed E-state index contributed by atoms with van der Waals surface area (Å²) in [6.07, 6.45) is 7.15. The molecule has 4 rings (SSSR count). The van der Waals surface area contributed by atoms with E-state index in [4.69, 9.17) is 0 Å². The molecule has 16 heteroatoms. The molecule has 0 atom stereocenters. The number of carbonyl (C=O) groups is 4. The summed E-state index contributed by atoms with van der Waals surface area (Å²) in [5, 5.41) is 24.3. The van der Waals surface area contributed by atoms with Crippen molar-refractivity contribution in [3.05, 3.63) is 119 Å². The van der Waals surface area contributed by atoms with E-state index in [1.165, 1.54) is 48.5 Å². The van der Waals surface area contributed by atoms with Crippen LogP contribution in [0.25, 0.3) is 0 Å². The average molecular weight is 777 g/mol. The molecule has 0 radical (unpaired) electrons. The molecule has 0 aromatic heterocycles. The Balaban J connectivity index is 1.39. The molecule has 0 aliphatic carbocycles. The Bertz CT molecular complexity index is 2110. The first kappa shape index (κ1) is 40.8. The van der Waals surface area contributed by atoms with Gasteiger partial charge in [0.25, 0.3) is 20.0 Å². The number of amides is 2. The summed E-state index contributed by atoms with van der Waals surface area (Å²) in [6.45, 7) is 4.10. The van der Waals surface area contributed by atoms with Gasteiger partial charge in [-0.05, 0) is 97.5 Å². The zero-order valence-electron chi connectivity index (χ0n) is 29.5. The molecule has 54 heavy (non-hydrogen) atoms. The third kappa shape index (κ3) is 11.2. The van der Waals surface area contributed by atoms with Gasteiger partial charge in [-0.25, -0.2) is 26.4 Å². The fourth-order valence-corrected chi connectivity index (χ4v) is 7.29. The van der Waals surface area contributed by atoms with E-state index in [-0.39, 0.29) is 32.5 Å². The molecule has 0 aliphatic heterocycles. The first-order valence-electron chi connectivity index (χ1n) is 16.9. The number of benzene rings is 4. The minimum Gasteiger partial charge on any atom is -0.478 e. The molecule has 0 spiro atoms. The second-order valence-corrected chi connectivity index (χ2v) is 15.5. The van der Waals surface area contributed by atoms with Crippen molar-refractivity contribution < 1.29 is 46.2 Å². The van der Waals surface area contributed by atoms with Gasteiger partial charge in [0.1, 0.15) is 0 Å². The number of hydrogen-bond donors (Lipinski definition) is 6. The molecular formula is C38H40N4O10S2. The lowest BCUT2D eigenvalue weighted by Crippen LogP contribution is -2.17. The van der Waals surface area contributed by atoms with E-state index in [0.29, 0.717) is 0 Å². The van der Waals surface area contributed by atoms with Crippen molar-refractivity contribution in [3.63, 3.8) is 0 Å². The standard InChI is InChI=1S/C38H40N4O10S2/c1-3-5-7-25-9-15-29(16-10-25)53(49,50)41-33-19-13-27(23-31(33)37(45)46)39-35(43)21-22-36(44)40-28-14-20-34(32(24-28)38(47)48)42-54(51,52)30-17-11-26(12-18-30)8-6-4-2/h9-24,41-42H,3-8H2,1-2H3,(H,39,43)(H,40,44)(H,45,46)(H,47,48)/b22-21-. The van der Waals surface area contributed by atoms with Gasteiger partial charge >= 0.3 is 11.9 Å². The Kier molecular flexibility index (Phi) is 13.7. The van der Waals surface area contributed by atoms with E-state index >= 15 is 0 Å². The summed E-state index contributed by atoms with van der Waals surface area (Å²) in [6, 6.07) is 19.5. The summed E-state index contributed by atoms with van der Waals surface area (Å²) in [5.74, 6) is -4.62. The normalized spacial score (nSPS) is 11.5. The van der Waals surface area contributed by atoms with Crippen LogP contribution >= 0.6 is 0 Å². The predicted octanol–water partition coefficient (Wildman–Crippen LogP) is 6.50. The number of aryl methyl sites for hydroxylation is 2. The lowest BCUT2D eigenvalue weighted by molar-refractivity contribution is -0.114. The highest BCUT2D eigenvalue weighted by Crippen LogP contribution is 2.26. The number of carboxylic acid groups (broad SMARTS) is 2. The zero-order chi connectivity index (χ0) is 39.5. The summed E-state index contributed by atoms with van der Waals surface area (Å²) >= 11 is 0. The van der Waals surface area contributed by atoms with Crippen LogP contribution in [0.3, 0.4) is 0 Å². The van der Waals surface area contributed by atoms with E-state index in [0.717, 1.165) is 73.9 Å². The van der Waals surface area contributed by atoms with Crippen molar-refractivity contribution in [1.82, 2.24) is 0 Å². The average Bonchev–Trinajstić information content (AvgIpc) is 3.13. The highest BCUT2D eigenvalue weighted by molar-refractivity contribution is 7.93. The molecule has 14 nitrogen and oxygen atoms in total. The second kappa shape index (κ2) is 18.2. The van der Waals surface area contributed by atoms with Gasteiger partial charge in [-0.1, -0.05) is 51.0 Å². The summed E-state index contributed by atoms with van der Waals surface area (Å²) in [4.78, 5) is 49.0. The number of hydrogen-bond acceptors (Lipinski definition) is 8. The number of sulfonamides is 2. The molecule has 0 heterocycles. The van der Waals surface area contributed by atoms with Crippen LogP contribution in [0, 0.1) is 0 Å². The third-order valence-corrected chi connectivity index (χ3v) is 10.8. The minimum atomic E-state index is -4.14. The minimum absolute atomic E-state index is 0.0118. The Morgan fingerprint density at radius 3 is 1.22 bits per heavy atom. The molecule has 0 unspecified atom stereocenters. The highest BCUT2D eigenvalue weighted by Gasteiger charge is 2.21. The van der Waals surface area contributed by atoms with E-state index in [9.17, 15) is 46.2 Å². The van der Waals surface area contributed by atoms with Gasteiger partial charge in [-0.3, -0.25) is 19.0 Å². The number of carbonyl (C=O) groups excluding carboxylic acids is 2. The molecule has 6 N–H and O–H groups in total. The van der Waals surface area contributed by atoms with Gasteiger partial charge in [0, 0.05) is 23.5 Å². The summed E-state index contributed by atoms with van der Waals surface area (Å²) in [5.41, 5.74) is 0.554. The fourth-order valence-electron chi connectivity index (χ4n) is 5.13. The van der Waals surface area contributed by atoms with Crippen molar-refractivity contribution >= 4 is 66.5 Å². The maximum atomic E-state index is 13.0. The van der Waals surface area contributed by atoms with Crippen molar-refractivity contribution in [2.24, 2.45) is 0 Å². The van der Waals surface area contributed by atoms with E-state index in [1.54, 1.807) is 24.3 Å². The van der Waals surface area contributed by atoms with Crippen LogP contribution in [0.5, 0.6) is 0 Å². The maximum Gasteiger partial charge on any atom is 0.337 e. The quantitative estimate of drug-likeness (QED) is 0.0601. The summed E-state index contributed by atoms with van der Waals surface area (Å²) in [7, 11) is -8.28. The molecule has 284 valence electrons. The Morgan fingerprint density at radius 2 is 0.907 bits per heavy atom. The molecule has 0 saturated carbocycles. The number of unbranched alkanes of at least 4 members (excludes halogenated alkanes) is 2. The van der Waals surface area contributed by atoms with Crippen LogP contribution in [0.4, 0.5) is 22.7 Å². The predicted molar refractivity (Wildman–Crippen MR) is 205 cm³/mol. The fraction of sp³-hybridized carbons (Fsp3) is 0.211. The van der Waals surface area contributed by atoms with Crippen LogP contribution < -0.4 is 20.1 Å². The smallest absolute Gasteiger partial charge is 0.337 e. The number of anilines is 4. The number of rotatable bonds is 18. The van der Waals surface area contributed by atoms with Crippen LogP contribution in [0.15, 0.2) is 107 Å². The van der Waals surface area contributed by atoms with E-state index in [1.807, 2.05) is 13.8 Å². The van der Waals surface area contributed by atoms with Crippen molar-refractivity contribution in [2.45, 2.75) is 62.2 Å². The lowest BCUT2D eigenvalue weighted by Gasteiger charge is -2.13. The molecule has 4 aromatic carbocycles. The largest absolute Gasteiger partial charge is 0.478 e. The molecule has 0 aliphatic rings. The Labute approximate surface area is 313 Å². The van der Waals surface area contributed by atoms with Crippen molar-refractivity contribution in [3.8, 4) is 0 Å². The van der Waals surface area contributed by atoms with Crippen molar-refractivity contribution in [1.29, 1.82) is 0 Å². The molecule has 0 saturated heterocycles. The van der Waals surface area contributed by atoms with Gasteiger partial charge in [0.2, 0.25) is 11.8 Å². The topological polar surface area (TPSA) is 225 Å². The monoisotopic (exact) mass is 776 g/mol. The first-order chi connectivity index (χ1) is 25.6. The molecule has 0 fully saturated rings. The number of aromatic carboxylic acids is 2. The maximum absolute atomic E-state index is 13.0. The third-order valence-electron chi connectivity index (χ3n) is 8.02. The zero-order valence-corrected chi connectivity index (χ0v) is 31.1. The Hall–Kier alpha value is -6.00. The van der Waals surface area contributed by atoms with Gasteiger partial charge in [0.05, 0.1) is 32.3 Å². The van der Waals surface area contributed by atoms with Crippen LogP contribution in [0.1, 0.15) is 71.4 Å². The van der Waals surface area contributed by atoms with Crippen LogP contribution in [-0.2, 0) is 42.5 Å². The number of carboxylic acids is 2. The highest BCUT2D eigenvalue weighted by atomic mass is 32.2. The van der Waals surface area contributed by atoms with Gasteiger partial charge < -0.3 is 20.8 Å². The lowest BCUT2D eigenvalue weighted by atomic mass is 10.1. The van der Waals surface area contributed by atoms with Gasteiger partial charge in [0.15, 0.2) is 0 Å². The van der Waals surface area contributed by atoms with E-state index < -0.39 is 54.9 Å². The van der Waals surface area contributed by atoms with E-state index in [2.05, 4.69) is 20.1 Å². The molecule has 4 aromatic rings. The summed E-state index contributed by atoms with van der Waals surface area (Å²) < 4.78 is 56.5. The van der Waals surface area contributed by atoms with Gasteiger partial charge in [-0.2, -0.15) is 0 Å². The molecule has 0 bridgehead atoms.